The third-order valence-corrected chi connectivity index (χ3v) is 9.80. The van der Waals surface area contributed by atoms with Gasteiger partial charge < -0.3 is 29.1 Å². The second-order valence-electron chi connectivity index (χ2n) is 15.7. The Bertz CT molecular complexity index is 888. The second kappa shape index (κ2) is 12.0. The summed E-state index contributed by atoms with van der Waals surface area (Å²) in [6.45, 7) is 25.2. The zero-order valence-corrected chi connectivity index (χ0v) is 26.9. The van der Waals surface area contributed by atoms with E-state index < -0.39 is 11.2 Å². The van der Waals surface area contributed by atoms with E-state index in [2.05, 4.69) is 23.6 Å². The number of hydrogen-bond acceptors (Lipinski definition) is 6. The molecule has 4 aliphatic rings. The summed E-state index contributed by atoms with van der Waals surface area (Å²) in [5, 5.41) is 0. The lowest BCUT2D eigenvalue weighted by molar-refractivity contribution is -0.0191. The number of ether oxygens (including phenoxy) is 2. The highest BCUT2D eigenvalue weighted by molar-refractivity contribution is 5.69. The molecule has 0 bridgehead atoms. The van der Waals surface area contributed by atoms with Crippen molar-refractivity contribution in [2.24, 2.45) is 16.7 Å². The van der Waals surface area contributed by atoms with Gasteiger partial charge in [0, 0.05) is 50.7 Å². The molecule has 2 spiro atoms. The normalized spacial score (nSPS) is 29.1. The van der Waals surface area contributed by atoms with Crippen molar-refractivity contribution >= 4 is 12.2 Å². The van der Waals surface area contributed by atoms with Crippen molar-refractivity contribution in [3.8, 4) is 0 Å². The molecule has 0 radical (unpaired) electrons. The van der Waals surface area contributed by atoms with Crippen molar-refractivity contribution in [2.45, 2.75) is 118 Å². The highest BCUT2D eigenvalue weighted by Crippen LogP contribution is 2.44. The molecule has 3 unspecified atom stereocenters. The summed E-state index contributed by atoms with van der Waals surface area (Å²) in [5.74, 6) is 0.649. The molecule has 0 aliphatic carbocycles. The molecule has 0 N–H and O–H groups in total. The standard InChI is InChI=1S/C32H58N4O4/c1-9-33-21-26(20-32(22-33)14-18-36(24-32)28(38)40-30(6,7)8)19-25(2)34-16-12-31(13-17-34)11-10-15-35(23-31)27(37)39-29(3,4)5/h25-26H,9-24H2,1-8H3. The van der Waals surface area contributed by atoms with Gasteiger partial charge in [-0.25, -0.2) is 9.59 Å². The molecular weight excluding hydrogens is 504 g/mol. The van der Waals surface area contributed by atoms with Gasteiger partial charge in [-0.2, -0.15) is 0 Å². The first-order valence-corrected chi connectivity index (χ1v) is 16.0. The second-order valence-corrected chi connectivity index (χ2v) is 15.7. The molecule has 8 nitrogen and oxygen atoms in total. The van der Waals surface area contributed by atoms with Crippen LogP contribution in [0.1, 0.15) is 100 Å². The molecular formula is C32H58N4O4. The predicted molar refractivity (Wildman–Crippen MR) is 159 cm³/mol. The van der Waals surface area contributed by atoms with Crippen LogP contribution in [0.5, 0.6) is 0 Å². The number of carbonyl (C=O) groups is 2. The quantitative estimate of drug-likeness (QED) is 0.429. The molecule has 0 saturated carbocycles. The Morgan fingerprint density at radius 1 is 0.800 bits per heavy atom. The van der Waals surface area contributed by atoms with Crippen LogP contribution in [0.15, 0.2) is 0 Å². The van der Waals surface area contributed by atoms with Crippen LogP contribution < -0.4 is 0 Å². The Balaban J connectivity index is 1.30. The highest BCUT2D eigenvalue weighted by atomic mass is 16.6. The molecule has 0 aromatic heterocycles. The molecule has 0 aromatic carbocycles. The fraction of sp³-hybridized carbons (Fsp3) is 0.938. The molecule has 4 heterocycles. The van der Waals surface area contributed by atoms with Gasteiger partial charge in [-0.1, -0.05) is 6.92 Å². The van der Waals surface area contributed by atoms with E-state index in [0.29, 0.717) is 12.0 Å². The van der Waals surface area contributed by atoms with Crippen LogP contribution in [0.25, 0.3) is 0 Å². The Hall–Kier alpha value is -1.54. The fourth-order valence-electron chi connectivity index (χ4n) is 7.93. The van der Waals surface area contributed by atoms with Crippen LogP contribution in [0.2, 0.25) is 0 Å². The van der Waals surface area contributed by atoms with Gasteiger partial charge in [-0.05, 0) is 124 Å². The lowest BCUT2D eigenvalue weighted by Gasteiger charge is -2.49. The van der Waals surface area contributed by atoms with Crippen LogP contribution in [0.4, 0.5) is 9.59 Å². The molecule has 230 valence electrons. The minimum Gasteiger partial charge on any atom is -0.444 e. The van der Waals surface area contributed by atoms with E-state index in [1.54, 1.807) is 0 Å². The van der Waals surface area contributed by atoms with E-state index in [-0.39, 0.29) is 23.0 Å². The maximum absolute atomic E-state index is 12.8. The number of carbonyl (C=O) groups excluding carboxylic acids is 2. The van der Waals surface area contributed by atoms with Gasteiger partial charge in [0.1, 0.15) is 11.2 Å². The number of likely N-dealkylation sites (tertiary alicyclic amines) is 4. The number of hydrogen-bond donors (Lipinski definition) is 0. The average molecular weight is 563 g/mol. The molecule has 3 atom stereocenters. The summed E-state index contributed by atoms with van der Waals surface area (Å²) in [4.78, 5) is 34.8. The number of rotatable bonds is 4. The van der Waals surface area contributed by atoms with E-state index in [1.165, 1.54) is 19.3 Å². The highest BCUT2D eigenvalue weighted by Gasteiger charge is 2.47. The van der Waals surface area contributed by atoms with E-state index in [4.69, 9.17) is 9.47 Å². The van der Waals surface area contributed by atoms with Crippen molar-refractivity contribution in [1.82, 2.24) is 19.6 Å². The van der Waals surface area contributed by atoms with Gasteiger partial charge >= 0.3 is 12.2 Å². The van der Waals surface area contributed by atoms with E-state index in [1.807, 2.05) is 51.3 Å². The van der Waals surface area contributed by atoms with Crippen LogP contribution >= 0.6 is 0 Å². The fourth-order valence-corrected chi connectivity index (χ4v) is 7.93. The number of nitrogens with zero attached hydrogens (tertiary/aromatic N) is 4. The molecule has 4 aliphatic heterocycles. The molecule has 4 rings (SSSR count). The summed E-state index contributed by atoms with van der Waals surface area (Å²) in [5.41, 5.74) is -0.466. The molecule has 40 heavy (non-hydrogen) atoms. The van der Waals surface area contributed by atoms with Gasteiger partial charge in [0.25, 0.3) is 0 Å². The summed E-state index contributed by atoms with van der Waals surface area (Å²) < 4.78 is 11.4. The van der Waals surface area contributed by atoms with Crippen LogP contribution in [-0.4, -0.2) is 108 Å². The van der Waals surface area contributed by atoms with Crippen molar-refractivity contribution in [2.75, 3.05) is 58.9 Å². The molecule has 4 saturated heterocycles. The Labute approximate surface area is 244 Å². The van der Waals surface area contributed by atoms with Gasteiger partial charge in [0.05, 0.1) is 0 Å². The first kappa shape index (κ1) is 31.4. The van der Waals surface area contributed by atoms with Crippen LogP contribution in [0, 0.1) is 16.7 Å². The first-order valence-electron chi connectivity index (χ1n) is 16.0. The summed E-state index contributed by atoms with van der Waals surface area (Å²) >= 11 is 0. The topological polar surface area (TPSA) is 65.6 Å². The van der Waals surface area contributed by atoms with Crippen molar-refractivity contribution < 1.29 is 19.1 Å². The van der Waals surface area contributed by atoms with Gasteiger partial charge in [0.2, 0.25) is 0 Å². The van der Waals surface area contributed by atoms with Crippen LogP contribution in [-0.2, 0) is 9.47 Å². The molecule has 0 aromatic rings. The Kier molecular flexibility index (Phi) is 9.41. The Morgan fingerprint density at radius 3 is 1.93 bits per heavy atom. The van der Waals surface area contributed by atoms with E-state index in [9.17, 15) is 9.59 Å². The van der Waals surface area contributed by atoms with Crippen LogP contribution in [0.3, 0.4) is 0 Å². The summed E-state index contributed by atoms with van der Waals surface area (Å²) in [7, 11) is 0. The predicted octanol–water partition coefficient (Wildman–Crippen LogP) is 5.85. The minimum absolute atomic E-state index is 0.147. The zero-order valence-electron chi connectivity index (χ0n) is 26.9. The van der Waals surface area contributed by atoms with E-state index >= 15 is 0 Å². The van der Waals surface area contributed by atoms with Gasteiger partial charge in [-0.15, -0.1) is 0 Å². The maximum Gasteiger partial charge on any atom is 0.410 e. The average Bonchev–Trinajstić information content (AvgIpc) is 3.25. The van der Waals surface area contributed by atoms with Crippen molar-refractivity contribution in [3.63, 3.8) is 0 Å². The SMILES string of the molecule is CCN1CC(CC(C)N2CCC3(CCCN(C(=O)OC(C)(C)C)C3)CC2)CC2(CCN(C(=O)OC(C)(C)C)C2)C1. The van der Waals surface area contributed by atoms with Crippen molar-refractivity contribution in [3.05, 3.63) is 0 Å². The molecule has 4 fully saturated rings. The lowest BCUT2D eigenvalue weighted by Crippen LogP contribution is -2.54. The summed E-state index contributed by atoms with van der Waals surface area (Å²) in [6.07, 6.45) is 7.81. The third kappa shape index (κ3) is 8.05. The number of amides is 2. The van der Waals surface area contributed by atoms with Gasteiger partial charge in [-0.3, -0.25) is 0 Å². The molecule has 8 heteroatoms. The Morgan fingerprint density at radius 2 is 1.35 bits per heavy atom. The van der Waals surface area contributed by atoms with Gasteiger partial charge in [0.15, 0.2) is 0 Å². The smallest absolute Gasteiger partial charge is 0.410 e. The minimum atomic E-state index is -0.453. The van der Waals surface area contributed by atoms with E-state index in [0.717, 1.165) is 84.6 Å². The lowest BCUT2D eigenvalue weighted by atomic mass is 9.71. The monoisotopic (exact) mass is 562 g/mol. The zero-order chi connectivity index (χ0) is 29.3. The first-order chi connectivity index (χ1) is 18.6. The molecule has 2 amide bonds. The largest absolute Gasteiger partial charge is 0.444 e. The van der Waals surface area contributed by atoms with Crippen molar-refractivity contribution in [1.29, 1.82) is 0 Å². The maximum atomic E-state index is 12.8. The summed E-state index contributed by atoms with van der Waals surface area (Å²) in [6, 6.07) is 0.546. The third-order valence-electron chi connectivity index (χ3n) is 9.80. The number of piperidine rings is 3.